The summed E-state index contributed by atoms with van der Waals surface area (Å²) < 4.78 is 19.3. The molecule has 1 aliphatic heterocycles. The zero-order valence-corrected chi connectivity index (χ0v) is 20.4. The first kappa shape index (κ1) is 24.3. The Bertz CT molecular complexity index is 1380. The Morgan fingerprint density at radius 3 is 2.46 bits per heavy atom. The molecule has 1 amide bonds. The number of benzene rings is 2. The lowest BCUT2D eigenvalue weighted by atomic mass is 9.94. The number of aliphatic hydroxyl groups excluding tert-OH is 1. The summed E-state index contributed by atoms with van der Waals surface area (Å²) in [6.45, 7) is 6.94. The van der Waals surface area contributed by atoms with E-state index in [9.17, 15) is 23.9 Å². The van der Waals surface area contributed by atoms with Crippen molar-refractivity contribution in [1.29, 1.82) is 0 Å². The summed E-state index contributed by atoms with van der Waals surface area (Å²) in [5.74, 6) is -3.46. The van der Waals surface area contributed by atoms with E-state index in [0.29, 0.717) is 16.8 Å². The zero-order chi connectivity index (χ0) is 25.4. The lowest BCUT2D eigenvalue weighted by Crippen LogP contribution is -2.29. The highest BCUT2D eigenvalue weighted by molar-refractivity contribution is 7.17. The molecule has 1 atom stereocenters. The SMILES string of the molecule is CCOC(=O)c1sc(N2C(=O)C(=O)C(=C(O)c3ccc(C)c(F)c3)C2c2ccc(C)cc2)nc1C. The minimum Gasteiger partial charge on any atom is -0.507 e. The van der Waals surface area contributed by atoms with Crippen LogP contribution in [-0.2, 0) is 14.3 Å². The highest BCUT2D eigenvalue weighted by Crippen LogP contribution is 2.44. The van der Waals surface area contributed by atoms with Gasteiger partial charge in [0.2, 0.25) is 0 Å². The van der Waals surface area contributed by atoms with E-state index in [-0.39, 0.29) is 27.8 Å². The number of anilines is 1. The fraction of sp³-hybridized carbons (Fsp3) is 0.231. The number of Topliss-reactive ketones (excluding diaryl/α,β-unsaturated/α-hetero) is 1. The third-order valence-corrected chi connectivity index (χ3v) is 6.87. The van der Waals surface area contributed by atoms with Gasteiger partial charge in [-0.3, -0.25) is 14.5 Å². The van der Waals surface area contributed by atoms with Crippen molar-refractivity contribution in [2.75, 3.05) is 11.5 Å². The molecule has 2 heterocycles. The quantitative estimate of drug-likeness (QED) is 0.232. The van der Waals surface area contributed by atoms with Crippen molar-refractivity contribution in [3.63, 3.8) is 0 Å². The second-order valence-electron chi connectivity index (χ2n) is 8.18. The van der Waals surface area contributed by atoms with E-state index in [1.807, 2.05) is 19.1 Å². The molecule has 1 aliphatic rings. The number of aromatic nitrogens is 1. The molecule has 1 fully saturated rings. The number of aliphatic hydroxyl groups is 1. The summed E-state index contributed by atoms with van der Waals surface area (Å²) in [5, 5.41) is 11.2. The maximum absolute atomic E-state index is 14.2. The van der Waals surface area contributed by atoms with Gasteiger partial charge in [-0.05, 0) is 44.9 Å². The molecule has 0 radical (unpaired) electrons. The van der Waals surface area contributed by atoms with Crippen LogP contribution >= 0.6 is 11.3 Å². The minimum atomic E-state index is -1.03. The molecule has 1 N–H and O–H groups in total. The van der Waals surface area contributed by atoms with Crippen LogP contribution in [0.4, 0.5) is 9.52 Å². The van der Waals surface area contributed by atoms with Gasteiger partial charge >= 0.3 is 11.9 Å². The van der Waals surface area contributed by atoms with Gasteiger partial charge in [0.25, 0.3) is 5.78 Å². The highest BCUT2D eigenvalue weighted by Gasteiger charge is 2.48. The summed E-state index contributed by atoms with van der Waals surface area (Å²) in [7, 11) is 0. The van der Waals surface area contributed by atoms with Gasteiger partial charge < -0.3 is 9.84 Å². The molecule has 1 saturated heterocycles. The summed E-state index contributed by atoms with van der Waals surface area (Å²) in [5.41, 5.74) is 2.13. The summed E-state index contributed by atoms with van der Waals surface area (Å²) in [6.07, 6.45) is 0. The van der Waals surface area contributed by atoms with Crippen LogP contribution < -0.4 is 4.90 Å². The van der Waals surface area contributed by atoms with Crippen LogP contribution in [0.5, 0.6) is 0 Å². The van der Waals surface area contributed by atoms with E-state index in [4.69, 9.17) is 4.74 Å². The lowest BCUT2D eigenvalue weighted by Gasteiger charge is -2.23. The van der Waals surface area contributed by atoms with Gasteiger partial charge in [0, 0.05) is 5.56 Å². The number of aryl methyl sites for hydroxylation is 3. The predicted molar refractivity (Wildman–Crippen MR) is 130 cm³/mol. The maximum atomic E-state index is 14.2. The molecule has 0 aliphatic carbocycles. The first-order valence-electron chi connectivity index (χ1n) is 10.9. The molecular formula is C26H23FN2O5S. The van der Waals surface area contributed by atoms with Gasteiger partial charge in [-0.2, -0.15) is 0 Å². The Morgan fingerprint density at radius 2 is 1.83 bits per heavy atom. The van der Waals surface area contributed by atoms with E-state index in [2.05, 4.69) is 4.98 Å². The van der Waals surface area contributed by atoms with Gasteiger partial charge in [-0.25, -0.2) is 14.2 Å². The Labute approximate surface area is 205 Å². The summed E-state index contributed by atoms with van der Waals surface area (Å²) >= 11 is 0.929. The van der Waals surface area contributed by atoms with Crippen molar-refractivity contribution in [3.05, 3.63) is 86.7 Å². The molecule has 7 nitrogen and oxygen atoms in total. The zero-order valence-electron chi connectivity index (χ0n) is 19.6. The standard InChI is InChI=1S/C26H23FN2O5S/c1-5-34-25(33)23-15(4)28-26(35-23)29-20(16-9-6-13(2)7-10-16)19(22(31)24(29)32)21(30)17-11-8-14(3)18(27)12-17/h6-12,20,30H,5H2,1-4H3. The molecule has 2 aromatic carbocycles. The number of rotatable bonds is 5. The number of thiazole rings is 1. The number of carbonyl (C=O) groups excluding carboxylic acids is 3. The van der Waals surface area contributed by atoms with Crippen molar-refractivity contribution < 1.29 is 28.6 Å². The van der Waals surface area contributed by atoms with E-state index >= 15 is 0 Å². The number of halogens is 1. The van der Waals surface area contributed by atoms with Gasteiger partial charge in [-0.15, -0.1) is 0 Å². The number of esters is 1. The van der Waals surface area contributed by atoms with Gasteiger partial charge in [0.15, 0.2) is 5.13 Å². The molecule has 4 rings (SSSR count). The summed E-state index contributed by atoms with van der Waals surface area (Å²) in [4.78, 5) is 44.6. The van der Waals surface area contributed by atoms with Gasteiger partial charge in [0.1, 0.15) is 16.5 Å². The van der Waals surface area contributed by atoms with Gasteiger partial charge in [0.05, 0.1) is 23.9 Å². The van der Waals surface area contributed by atoms with Crippen LogP contribution in [0, 0.1) is 26.6 Å². The number of ketones is 1. The second kappa shape index (κ2) is 9.42. The largest absolute Gasteiger partial charge is 0.507 e. The monoisotopic (exact) mass is 494 g/mol. The van der Waals surface area contributed by atoms with E-state index in [1.54, 1.807) is 32.9 Å². The second-order valence-corrected chi connectivity index (χ2v) is 9.15. The Morgan fingerprint density at radius 1 is 1.14 bits per heavy atom. The van der Waals surface area contributed by atoms with E-state index < -0.39 is 35.3 Å². The molecule has 1 unspecified atom stereocenters. The van der Waals surface area contributed by atoms with Crippen LogP contribution in [0.25, 0.3) is 5.76 Å². The number of ether oxygens (including phenoxy) is 1. The predicted octanol–water partition coefficient (Wildman–Crippen LogP) is 5.01. The van der Waals surface area contributed by atoms with Gasteiger partial charge in [-0.1, -0.05) is 53.3 Å². The normalized spacial score (nSPS) is 17.2. The summed E-state index contributed by atoms with van der Waals surface area (Å²) in [6, 6.07) is 10.2. The maximum Gasteiger partial charge on any atom is 0.350 e. The molecule has 0 bridgehead atoms. The smallest absolute Gasteiger partial charge is 0.350 e. The van der Waals surface area contributed by atoms with Crippen LogP contribution in [0.2, 0.25) is 0 Å². The minimum absolute atomic E-state index is 0.0748. The van der Waals surface area contributed by atoms with Crippen molar-refractivity contribution in [1.82, 2.24) is 4.98 Å². The number of nitrogens with zero attached hydrogens (tertiary/aromatic N) is 2. The molecule has 0 saturated carbocycles. The number of amides is 1. The van der Waals surface area contributed by atoms with Crippen LogP contribution in [0.1, 0.15) is 50.6 Å². The van der Waals surface area contributed by atoms with Crippen LogP contribution in [0.15, 0.2) is 48.0 Å². The average molecular weight is 495 g/mol. The highest BCUT2D eigenvalue weighted by atomic mass is 32.1. The molecule has 0 spiro atoms. The van der Waals surface area contributed by atoms with Crippen LogP contribution in [-0.4, -0.2) is 34.4 Å². The van der Waals surface area contributed by atoms with Crippen LogP contribution in [0.3, 0.4) is 0 Å². The lowest BCUT2D eigenvalue weighted by molar-refractivity contribution is -0.132. The number of carbonyl (C=O) groups is 3. The molecule has 1 aromatic heterocycles. The fourth-order valence-corrected chi connectivity index (χ4v) is 4.85. The topological polar surface area (TPSA) is 96.8 Å². The van der Waals surface area contributed by atoms with Crippen molar-refractivity contribution >= 4 is 39.9 Å². The van der Waals surface area contributed by atoms with Crippen molar-refractivity contribution in [2.24, 2.45) is 0 Å². The molecular weight excluding hydrogens is 471 g/mol. The molecule has 180 valence electrons. The van der Waals surface area contributed by atoms with E-state index in [1.165, 1.54) is 17.0 Å². The first-order valence-corrected chi connectivity index (χ1v) is 11.7. The van der Waals surface area contributed by atoms with Crippen molar-refractivity contribution in [2.45, 2.75) is 33.7 Å². The van der Waals surface area contributed by atoms with Crippen molar-refractivity contribution in [3.8, 4) is 0 Å². The first-order chi connectivity index (χ1) is 16.6. The molecule has 3 aromatic rings. The Balaban J connectivity index is 1.92. The number of hydrogen-bond donors (Lipinski definition) is 1. The average Bonchev–Trinajstić information content (AvgIpc) is 3.33. The number of hydrogen-bond acceptors (Lipinski definition) is 7. The fourth-order valence-electron chi connectivity index (χ4n) is 3.86. The third-order valence-electron chi connectivity index (χ3n) is 5.73. The Hall–Kier alpha value is -3.85. The Kier molecular flexibility index (Phi) is 6.53. The van der Waals surface area contributed by atoms with E-state index in [0.717, 1.165) is 23.0 Å². The molecule has 9 heteroatoms. The molecule has 35 heavy (non-hydrogen) atoms. The third kappa shape index (κ3) is 4.35.